The van der Waals surface area contributed by atoms with Gasteiger partial charge in [-0.2, -0.15) is 0 Å². The number of benzene rings is 1. The molecule has 0 aliphatic carbocycles. The number of rotatable bonds is 3. The molecule has 0 saturated carbocycles. The third-order valence-corrected chi connectivity index (χ3v) is 6.14. The number of amides is 1. The van der Waals surface area contributed by atoms with E-state index in [1.54, 1.807) is 7.11 Å². The average molecular weight is 392 g/mol. The van der Waals surface area contributed by atoms with Gasteiger partial charge in [0.15, 0.2) is 0 Å². The molecule has 2 N–H and O–H groups in total. The number of aromatic amines is 1. The van der Waals surface area contributed by atoms with E-state index in [9.17, 15) is 4.79 Å². The highest BCUT2D eigenvalue weighted by Crippen LogP contribution is 2.35. The Kier molecular flexibility index (Phi) is 6.33. The Morgan fingerprint density at radius 2 is 2.00 bits per heavy atom. The van der Waals surface area contributed by atoms with Crippen LogP contribution in [0, 0.1) is 5.92 Å². The van der Waals surface area contributed by atoms with E-state index in [-0.39, 0.29) is 18.3 Å². The standard InChI is InChI=1S/C21H29N3O2.ClH/c1-14-11-16(5-8-22-14)21(25)24-9-6-15(7-10-24)19-13-23-20-4-3-17(26-2)12-18(19)20;/h3-4,12-16,22-23H,5-11H2,1-2H3;1H/t14-,16-;/m0./s1. The molecule has 5 nitrogen and oxygen atoms in total. The van der Waals surface area contributed by atoms with Gasteiger partial charge in [0.1, 0.15) is 5.75 Å². The lowest BCUT2D eigenvalue weighted by atomic mass is 9.87. The van der Waals surface area contributed by atoms with Crippen LogP contribution < -0.4 is 10.1 Å². The van der Waals surface area contributed by atoms with Crippen LogP contribution in [0.3, 0.4) is 0 Å². The van der Waals surface area contributed by atoms with E-state index in [1.807, 2.05) is 6.07 Å². The number of piperidine rings is 2. The second kappa shape index (κ2) is 8.53. The van der Waals surface area contributed by atoms with E-state index in [0.717, 1.165) is 56.6 Å². The Bertz CT molecular complexity index is 783. The van der Waals surface area contributed by atoms with Crippen LogP contribution in [0.5, 0.6) is 5.75 Å². The van der Waals surface area contributed by atoms with E-state index < -0.39 is 0 Å². The summed E-state index contributed by atoms with van der Waals surface area (Å²) in [5.41, 5.74) is 2.52. The molecule has 0 spiro atoms. The van der Waals surface area contributed by atoms with Crippen molar-refractivity contribution in [3.63, 3.8) is 0 Å². The molecule has 2 atom stereocenters. The van der Waals surface area contributed by atoms with Crippen LogP contribution >= 0.6 is 12.4 Å². The number of hydrogen-bond donors (Lipinski definition) is 2. The van der Waals surface area contributed by atoms with Crippen molar-refractivity contribution in [2.24, 2.45) is 5.92 Å². The largest absolute Gasteiger partial charge is 0.497 e. The molecule has 0 radical (unpaired) electrons. The van der Waals surface area contributed by atoms with Gasteiger partial charge in [0.25, 0.3) is 0 Å². The topological polar surface area (TPSA) is 57.4 Å². The number of aromatic nitrogens is 1. The van der Waals surface area contributed by atoms with E-state index >= 15 is 0 Å². The van der Waals surface area contributed by atoms with Crippen molar-refractivity contribution in [3.05, 3.63) is 30.0 Å². The first kappa shape index (κ1) is 20.0. The first-order valence-corrected chi connectivity index (χ1v) is 9.83. The summed E-state index contributed by atoms with van der Waals surface area (Å²) in [5.74, 6) is 1.98. The van der Waals surface area contributed by atoms with Crippen LogP contribution in [0.25, 0.3) is 10.9 Å². The van der Waals surface area contributed by atoms with Gasteiger partial charge in [0, 0.05) is 42.1 Å². The number of H-pyrrole nitrogens is 1. The highest BCUT2D eigenvalue weighted by molar-refractivity contribution is 5.86. The monoisotopic (exact) mass is 391 g/mol. The average Bonchev–Trinajstić information content (AvgIpc) is 3.10. The highest BCUT2D eigenvalue weighted by Gasteiger charge is 2.31. The van der Waals surface area contributed by atoms with Gasteiger partial charge in [-0.25, -0.2) is 0 Å². The molecule has 0 unspecified atom stereocenters. The summed E-state index contributed by atoms with van der Waals surface area (Å²) < 4.78 is 5.39. The number of halogens is 1. The quantitative estimate of drug-likeness (QED) is 0.838. The summed E-state index contributed by atoms with van der Waals surface area (Å²) in [4.78, 5) is 18.4. The maximum atomic E-state index is 12.9. The van der Waals surface area contributed by atoms with E-state index in [1.165, 1.54) is 10.9 Å². The zero-order valence-electron chi connectivity index (χ0n) is 16.2. The number of ether oxygens (including phenoxy) is 1. The lowest BCUT2D eigenvalue weighted by Crippen LogP contribution is -2.46. The minimum atomic E-state index is 0. The molecule has 2 aliphatic heterocycles. The van der Waals surface area contributed by atoms with Crippen molar-refractivity contribution in [3.8, 4) is 5.75 Å². The van der Waals surface area contributed by atoms with Crippen molar-refractivity contribution in [1.82, 2.24) is 15.2 Å². The summed E-state index contributed by atoms with van der Waals surface area (Å²) in [6.07, 6.45) is 6.17. The van der Waals surface area contributed by atoms with Gasteiger partial charge in [0.05, 0.1) is 7.11 Å². The Morgan fingerprint density at radius 1 is 1.22 bits per heavy atom. The van der Waals surface area contributed by atoms with Crippen molar-refractivity contribution >= 4 is 29.2 Å². The van der Waals surface area contributed by atoms with E-state index in [0.29, 0.717) is 17.9 Å². The van der Waals surface area contributed by atoms with Gasteiger partial charge in [-0.05, 0) is 68.8 Å². The van der Waals surface area contributed by atoms with Crippen molar-refractivity contribution < 1.29 is 9.53 Å². The number of carbonyl (C=O) groups excluding carboxylic acids is 1. The third-order valence-electron chi connectivity index (χ3n) is 6.14. The second-order valence-electron chi connectivity index (χ2n) is 7.83. The SMILES string of the molecule is COc1ccc2[nH]cc(C3CCN(C(=O)[C@H]4CCN[C@@H](C)C4)CC3)c2c1.Cl. The maximum absolute atomic E-state index is 12.9. The van der Waals surface area contributed by atoms with Crippen molar-refractivity contribution in [1.29, 1.82) is 0 Å². The highest BCUT2D eigenvalue weighted by atomic mass is 35.5. The smallest absolute Gasteiger partial charge is 0.225 e. The summed E-state index contributed by atoms with van der Waals surface area (Å²) in [6.45, 7) is 4.89. The van der Waals surface area contributed by atoms with Crippen LogP contribution in [0.4, 0.5) is 0 Å². The zero-order chi connectivity index (χ0) is 18.1. The Hall–Kier alpha value is -1.72. The fraction of sp³-hybridized carbons (Fsp3) is 0.571. The van der Waals surface area contributed by atoms with Gasteiger partial charge in [0.2, 0.25) is 5.91 Å². The summed E-state index contributed by atoms with van der Waals surface area (Å²) in [7, 11) is 1.71. The molecule has 6 heteroatoms. The predicted molar refractivity (Wildman–Crippen MR) is 111 cm³/mol. The molecule has 2 fully saturated rings. The van der Waals surface area contributed by atoms with Crippen LogP contribution in [-0.2, 0) is 4.79 Å². The minimum absolute atomic E-state index is 0. The lowest BCUT2D eigenvalue weighted by Gasteiger charge is -2.36. The molecule has 2 aromatic rings. The third kappa shape index (κ3) is 4.09. The Morgan fingerprint density at radius 3 is 2.70 bits per heavy atom. The normalized spacial score (nSPS) is 23.9. The first-order chi connectivity index (χ1) is 12.7. The Labute approximate surface area is 167 Å². The molecule has 2 aliphatic rings. The fourth-order valence-corrected chi connectivity index (χ4v) is 4.61. The number of carbonyl (C=O) groups is 1. The van der Waals surface area contributed by atoms with Crippen LogP contribution in [0.2, 0.25) is 0 Å². The Balaban J connectivity index is 0.00000210. The number of hydrogen-bond acceptors (Lipinski definition) is 3. The van der Waals surface area contributed by atoms with Gasteiger partial charge in [-0.15, -0.1) is 12.4 Å². The van der Waals surface area contributed by atoms with Crippen LogP contribution in [0.1, 0.15) is 44.1 Å². The van der Waals surface area contributed by atoms with E-state index in [2.05, 4.69) is 40.5 Å². The molecule has 1 aromatic heterocycles. The van der Waals surface area contributed by atoms with Gasteiger partial charge in [-0.3, -0.25) is 4.79 Å². The van der Waals surface area contributed by atoms with Crippen LogP contribution in [-0.4, -0.2) is 48.6 Å². The molecule has 148 valence electrons. The van der Waals surface area contributed by atoms with Crippen molar-refractivity contribution in [2.75, 3.05) is 26.7 Å². The van der Waals surface area contributed by atoms with Gasteiger partial charge < -0.3 is 19.9 Å². The molecule has 27 heavy (non-hydrogen) atoms. The summed E-state index contributed by atoms with van der Waals surface area (Å²) in [5, 5.41) is 4.69. The van der Waals surface area contributed by atoms with Gasteiger partial charge >= 0.3 is 0 Å². The molecular weight excluding hydrogens is 362 g/mol. The molecule has 2 saturated heterocycles. The number of likely N-dealkylation sites (tertiary alicyclic amines) is 1. The first-order valence-electron chi connectivity index (χ1n) is 9.83. The van der Waals surface area contributed by atoms with Gasteiger partial charge in [-0.1, -0.05) is 0 Å². The second-order valence-corrected chi connectivity index (χ2v) is 7.83. The molecule has 0 bridgehead atoms. The van der Waals surface area contributed by atoms with Crippen LogP contribution in [0.15, 0.2) is 24.4 Å². The number of nitrogens with zero attached hydrogens (tertiary/aromatic N) is 1. The summed E-state index contributed by atoms with van der Waals surface area (Å²) in [6, 6.07) is 6.64. The zero-order valence-corrected chi connectivity index (χ0v) is 17.0. The summed E-state index contributed by atoms with van der Waals surface area (Å²) >= 11 is 0. The van der Waals surface area contributed by atoms with E-state index in [4.69, 9.17) is 4.74 Å². The lowest BCUT2D eigenvalue weighted by molar-refractivity contribution is -0.137. The number of fused-ring (bicyclic) bond motifs is 1. The minimum Gasteiger partial charge on any atom is -0.497 e. The molecule has 1 aromatic carbocycles. The fourth-order valence-electron chi connectivity index (χ4n) is 4.61. The number of methoxy groups -OCH3 is 1. The molecular formula is C21H30ClN3O2. The maximum Gasteiger partial charge on any atom is 0.225 e. The molecule has 3 heterocycles. The number of nitrogens with one attached hydrogen (secondary N) is 2. The molecule has 4 rings (SSSR count). The predicted octanol–water partition coefficient (Wildman–Crippen LogP) is 3.69. The molecule has 1 amide bonds. The van der Waals surface area contributed by atoms with Crippen molar-refractivity contribution in [2.45, 2.75) is 44.6 Å².